The van der Waals surface area contributed by atoms with Crippen molar-refractivity contribution in [2.24, 2.45) is 17.8 Å². The summed E-state index contributed by atoms with van der Waals surface area (Å²) in [5, 5.41) is 10.8. The number of carbonyl (C=O) groups excluding carboxylic acids is 1. The van der Waals surface area contributed by atoms with Gasteiger partial charge in [-0.05, 0) is 54.4 Å². The molecule has 0 spiro atoms. The molecule has 1 saturated carbocycles. The summed E-state index contributed by atoms with van der Waals surface area (Å²) in [7, 11) is 3.50. The van der Waals surface area contributed by atoms with E-state index < -0.39 is 0 Å². The summed E-state index contributed by atoms with van der Waals surface area (Å²) in [6, 6.07) is 10.0. The number of benzene rings is 1. The second-order valence-electron chi connectivity index (χ2n) is 10.1. The van der Waals surface area contributed by atoms with Gasteiger partial charge in [0.1, 0.15) is 0 Å². The molecule has 34 heavy (non-hydrogen) atoms. The van der Waals surface area contributed by atoms with Crippen molar-refractivity contribution in [1.29, 1.82) is 0 Å². The average molecular weight is 498 g/mol. The van der Waals surface area contributed by atoms with Crippen molar-refractivity contribution in [2.75, 3.05) is 27.3 Å². The molecule has 0 radical (unpaired) electrons. The highest BCUT2D eigenvalue weighted by atomic mass is 35.5. The van der Waals surface area contributed by atoms with Crippen molar-refractivity contribution in [2.45, 2.75) is 44.9 Å². The van der Waals surface area contributed by atoms with Gasteiger partial charge >= 0.3 is 0 Å². The molecular formula is C27H32ClN3O2S. The third-order valence-electron chi connectivity index (χ3n) is 7.39. The quantitative estimate of drug-likeness (QED) is 0.404. The lowest BCUT2D eigenvalue weighted by atomic mass is 9.75. The highest BCUT2D eigenvalue weighted by Gasteiger charge is 2.31. The van der Waals surface area contributed by atoms with Crippen molar-refractivity contribution in [1.82, 2.24) is 15.1 Å². The van der Waals surface area contributed by atoms with E-state index in [1.165, 1.54) is 38.5 Å². The van der Waals surface area contributed by atoms with E-state index in [4.69, 9.17) is 16.3 Å². The van der Waals surface area contributed by atoms with E-state index in [0.29, 0.717) is 22.6 Å². The average Bonchev–Trinajstić information content (AvgIpc) is 3.31. The predicted octanol–water partition coefficient (Wildman–Crippen LogP) is 6.49. The minimum Gasteiger partial charge on any atom is -0.381 e. The SMILES string of the molecule is CN(C)C(=O)c1nnc(CC2COCC(C3CCCCC3)C2)c2cc(-c3ccc(Cl)cc3)sc12. The van der Waals surface area contributed by atoms with E-state index in [-0.39, 0.29) is 5.91 Å². The van der Waals surface area contributed by atoms with E-state index in [9.17, 15) is 4.79 Å². The lowest BCUT2D eigenvalue weighted by Crippen LogP contribution is -2.32. The standard InChI is InChI=1S/C27H32ClN3O2S/c1-31(2)27(32)25-26-22(14-24(34-26)19-8-10-21(28)11-9-19)23(29-30-25)13-17-12-20(16-33-15-17)18-6-4-3-5-7-18/h8-11,14,17-18,20H,3-7,12-13,15-16H2,1-2H3. The highest BCUT2D eigenvalue weighted by Crippen LogP contribution is 2.39. The Hall–Kier alpha value is -2.02. The maximum Gasteiger partial charge on any atom is 0.275 e. The minimum atomic E-state index is -0.119. The number of hydrogen-bond donors (Lipinski definition) is 0. The van der Waals surface area contributed by atoms with Gasteiger partial charge < -0.3 is 9.64 Å². The van der Waals surface area contributed by atoms with Crippen LogP contribution in [0.5, 0.6) is 0 Å². The lowest BCUT2D eigenvalue weighted by molar-refractivity contribution is -0.0125. The first-order valence-corrected chi connectivity index (χ1v) is 13.5. The minimum absolute atomic E-state index is 0.119. The molecule has 180 valence electrons. The van der Waals surface area contributed by atoms with E-state index in [2.05, 4.69) is 16.3 Å². The van der Waals surface area contributed by atoms with Crippen LogP contribution < -0.4 is 0 Å². The van der Waals surface area contributed by atoms with Crippen molar-refractivity contribution in [3.05, 3.63) is 46.7 Å². The number of halogens is 1. The van der Waals surface area contributed by atoms with Gasteiger partial charge in [0.05, 0.1) is 10.4 Å². The van der Waals surface area contributed by atoms with Crippen LogP contribution in [0.3, 0.4) is 0 Å². The fraction of sp³-hybridized carbons (Fsp3) is 0.519. The second-order valence-corrected chi connectivity index (χ2v) is 11.5. The molecule has 1 aliphatic carbocycles. The summed E-state index contributed by atoms with van der Waals surface area (Å²) < 4.78 is 7.00. The lowest BCUT2D eigenvalue weighted by Gasteiger charge is -2.36. The largest absolute Gasteiger partial charge is 0.381 e. The molecule has 1 aliphatic heterocycles. The fourth-order valence-corrected chi connectivity index (χ4v) is 6.84. The second kappa shape index (κ2) is 10.3. The Balaban J connectivity index is 1.46. The molecule has 5 nitrogen and oxygen atoms in total. The van der Waals surface area contributed by atoms with Crippen molar-refractivity contribution < 1.29 is 9.53 Å². The van der Waals surface area contributed by atoms with Crippen LogP contribution in [0.1, 0.15) is 54.7 Å². The Morgan fingerprint density at radius 1 is 1.09 bits per heavy atom. The monoisotopic (exact) mass is 497 g/mol. The van der Waals surface area contributed by atoms with Gasteiger partial charge in [0, 0.05) is 42.6 Å². The zero-order valence-electron chi connectivity index (χ0n) is 19.9. The van der Waals surface area contributed by atoms with Gasteiger partial charge in [-0.1, -0.05) is 55.8 Å². The molecule has 1 saturated heterocycles. The number of aromatic nitrogens is 2. The van der Waals surface area contributed by atoms with Gasteiger partial charge in [0.2, 0.25) is 0 Å². The third-order valence-corrected chi connectivity index (χ3v) is 8.83. The van der Waals surface area contributed by atoms with E-state index >= 15 is 0 Å². The molecule has 3 aromatic rings. The molecular weight excluding hydrogens is 466 g/mol. The Morgan fingerprint density at radius 2 is 1.85 bits per heavy atom. The molecule has 1 amide bonds. The topological polar surface area (TPSA) is 55.3 Å². The van der Waals surface area contributed by atoms with Gasteiger partial charge in [-0.3, -0.25) is 4.79 Å². The third kappa shape index (κ3) is 5.00. The molecule has 2 unspecified atom stereocenters. The number of thiophene rings is 1. The van der Waals surface area contributed by atoms with E-state index in [1.807, 2.05) is 24.3 Å². The number of nitrogens with zero attached hydrogens (tertiary/aromatic N) is 3. The molecule has 7 heteroatoms. The normalized spacial score (nSPS) is 21.6. The van der Waals surface area contributed by atoms with Gasteiger partial charge in [-0.15, -0.1) is 16.4 Å². The zero-order chi connectivity index (χ0) is 23.7. The van der Waals surface area contributed by atoms with Crippen molar-refractivity contribution in [3.63, 3.8) is 0 Å². The zero-order valence-corrected chi connectivity index (χ0v) is 21.5. The number of carbonyl (C=O) groups is 1. The summed E-state index contributed by atoms with van der Waals surface area (Å²) in [5.41, 5.74) is 2.48. The van der Waals surface area contributed by atoms with Crippen LogP contribution in [0, 0.1) is 17.8 Å². The number of rotatable bonds is 5. The van der Waals surface area contributed by atoms with Gasteiger partial charge in [0.25, 0.3) is 5.91 Å². The Morgan fingerprint density at radius 3 is 2.59 bits per heavy atom. The Bertz CT molecular complexity index is 1150. The first-order valence-electron chi connectivity index (χ1n) is 12.3. The van der Waals surface area contributed by atoms with E-state index in [0.717, 1.165) is 51.8 Å². The summed E-state index contributed by atoms with van der Waals surface area (Å²) in [6.07, 6.45) is 8.83. The highest BCUT2D eigenvalue weighted by molar-refractivity contribution is 7.22. The summed E-state index contributed by atoms with van der Waals surface area (Å²) in [6.45, 7) is 1.68. The Kier molecular flexibility index (Phi) is 7.19. The van der Waals surface area contributed by atoms with Crippen LogP contribution in [-0.2, 0) is 11.2 Å². The van der Waals surface area contributed by atoms with Crippen LogP contribution in [0.2, 0.25) is 5.02 Å². The smallest absolute Gasteiger partial charge is 0.275 e. The van der Waals surface area contributed by atoms with Crippen LogP contribution in [0.4, 0.5) is 0 Å². The first kappa shape index (κ1) is 23.7. The summed E-state index contributed by atoms with van der Waals surface area (Å²) in [4.78, 5) is 15.5. The molecule has 0 bridgehead atoms. The molecule has 2 fully saturated rings. The number of hydrogen-bond acceptors (Lipinski definition) is 5. The molecule has 2 atom stereocenters. The number of fused-ring (bicyclic) bond motifs is 1. The van der Waals surface area contributed by atoms with Gasteiger partial charge in [-0.2, -0.15) is 5.10 Å². The van der Waals surface area contributed by atoms with Crippen molar-refractivity contribution in [3.8, 4) is 10.4 Å². The van der Waals surface area contributed by atoms with Crippen LogP contribution >= 0.6 is 22.9 Å². The van der Waals surface area contributed by atoms with Gasteiger partial charge in [0.15, 0.2) is 5.69 Å². The number of ether oxygens (including phenoxy) is 1. The first-order chi connectivity index (χ1) is 16.5. The van der Waals surface area contributed by atoms with E-state index in [1.54, 1.807) is 30.3 Å². The maximum absolute atomic E-state index is 12.9. The molecule has 1 aromatic carbocycles. The van der Waals surface area contributed by atoms with Crippen LogP contribution in [0.25, 0.3) is 20.5 Å². The molecule has 0 N–H and O–H groups in total. The fourth-order valence-electron chi connectivity index (χ4n) is 5.55. The predicted molar refractivity (Wildman–Crippen MR) is 139 cm³/mol. The maximum atomic E-state index is 12.9. The molecule has 3 heterocycles. The van der Waals surface area contributed by atoms with Crippen LogP contribution in [-0.4, -0.2) is 48.3 Å². The Labute approximate surface area is 210 Å². The molecule has 2 aliphatic rings. The van der Waals surface area contributed by atoms with Crippen molar-refractivity contribution >= 4 is 38.9 Å². The summed E-state index contributed by atoms with van der Waals surface area (Å²) in [5.74, 6) is 1.78. The molecule has 2 aromatic heterocycles. The summed E-state index contributed by atoms with van der Waals surface area (Å²) >= 11 is 7.71. The molecule has 5 rings (SSSR count). The van der Waals surface area contributed by atoms with Gasteiger partial charge in [-0.25, -0.2) is 0 Å². The number of amides is 1. The van der Waals surface area contributed by atoms with Crippen LogP contribution in [0.15, 0.2) is 30.3 Å².